The number of hydrogen-bond donors (Lipinski definition) is 1. The lowest BCUT2D eigenvalue weighted by molar-refractivity contribution is 0.139. The predicted molar refractivity (Wildman–Crippen MR) is 82.8 cm³/mol. The molecule has 2 aromatic rings. The summed E-state index contributed by atoms with van der Waals surface area (Å²) in [6, 6.07) is 19.2. The Balaban J connectivity index is 1.51. The van der Waals surface area contributed by atoms with Crippen molar-refractivity contribution >= 4 is 0 Å². The van der Waals surface area contributed by atoms with Crippen LogP contribution in [0.3, 0.4) is 0 Å². The summed E-state index contributed by atoms with van der Waals surface area (Å²) in [4.78, 5) is 0. The second kappa shape index (κ2) is 5.80. The summed E-state index contributed by atoms with van der Waals surface area (Å²) in [5, 5.41) is 10.3. The molecule has 1 aliphatic carbocycles. The van der Waals surface area contributed by atoms with Crippen molar-refractivity contribution in [3.8, 4) is 0 Å². The smallest absolute Gasteiger partial charge is 0.0577 e. The minimum absolute atomic E-state index is 0.165. The Morgan fingerprint density at radius 3 is 2.45 bits per heavy atom. The second-order valence-corrected chi connectivity index (χ2v) is 6.01. The summed E-state index contributed by atoms with van der Waals surface area (Å²) in [5.41, 5.74) is 4.00. The van der Waals surface area contributed by atoms with Crippen LogP contribution in [0.1, 0.15) is 35.4 Å². The van der Waals surface area contributed by atoms with Crippen molar-refractivity contribution in [3.63, 3.8) is 0 Å². The van der Waals surface area contributed by atoms with Gasteiger partial charge < -0.3 is 5.11 Å². The molecule has 0 spiro atoms. The van der Waals surface area contributed by atoms with Crippen LogP contribution in [0, 0.1) is 12.8 Å². The number of aliphatic hydroxyl groups excluding tert-OH is 1. The number of aliphatic hydroxyl groups is 1. The lowest BCUT2D eigenvalue weighted by Crippen LogP contribution is -2.11. The Morgan fingerprint density at radius 2 is 1.75 bits per heavy atom. The molecule has 1 nitrogen and oxygen atoms in total. The zero-order chi connectivity index (χ0) is 13.9. The van der Waals surface area contributed by atoms with Crippen LogP contribution in [0.2, 0.25) is 0 Å². The molecule has 0 aliphatic heterocycles. The van der Waals surface area contributed by atoms with E-state index in [1.54, 1.807) is 0 Å². The molecule has 2 aromatic carbocycles. The van der Waals surface area contributed by atoms with E-state index in [1.165, 1.54) is 16.7 Å². The highest BCUT2D eigenvalue weighted by Gasteiger charge is 2.42. The standard InChI is InChI=1S/C19H22O/c1-14-7-9-15(10-8-14)11-12-19(20)18-13-17(18)16-5-3-2-4-6-16/h2-10,17-20H,11-13H2,1H3. The van der Waals surface area contributed by atoms with Crippen LogP contribution >= 0.6 is 0 Å². The highest BCUT2D eigenvalue weighted by molar-refractivity contribution is 5.26. The van der Waals surface area contributed by atoms with E-state index in [0.29, 0.717) is 11.8 Å². The third kappa shape index (κ3) is 3.10. The van der Waals surface area contributed by atoms with Crippen LogP contribution in [-0.2, 0) is 6.42 Å². The molecule has 1 fully saturated rings. The molecular weight excluding hydrogens is 244 g/mol. The summed E-state index contributed by atoms with van der Waals surface area (Å²) in [6.45, 7) is 2.10. The molecule has 0 amide bonds. The number of rotatable bonds is 5. The molecule has 0 radical (unpaired) electrons. The molecule has 1 heteroatoms. The topological polar surface area (TPSA) is 20.2 Å². The molecule has 1 aliphatic rings. The van der Waals surface area contributed by atoms with E-state index < -0.39 is 0 Å². The number of hydrogen-bond acceptors (Lipinski definition) is 1. The van der Waals surface area contributed by atoms with Crippen LogP contribution in [0.15, 0.2) is 54.6 Å². The highest BCUT2D eigenvalue weighted by Crippen LogP contribution is 2.50. The largest absolute Gasteiger partial charge is 0.393 e. The van der Waals surface area contributed by atoms with Crippen molar-refractivity contribution in [2.45, 2.75) is 38.2 Å². The van der Waals surface area contributed by atoms with Crippen molar-refractivity contribution in [1.82, 2.24) is 0 Å². The Morgan fingerprint density at radius 1 is 1.05 bits per heavy atom. The van der Waals surface area contributed by atoms with E-state index in [0.717, 1.165) is 19.3 Å². The Bertz CT molecular complexity index is 544. The zero-order valence-electron chi connectivity index (χ0n) is 12.0. The number of benzene rings is 2. The Labute approximate surface area is 121 Å². The van der Waals surface area contributed by atoms with Gasteiger partial charge >= 0.3 is 0 Å². The normalized spacial score (nSPS) is 22.5. The van der Waals surface area contributed by atoms with Crippen molar-refractivity contribution in [2.75, 3.05) is 0 Å². The molecule has 0 bridgehead atoms. The van der Waals surface area contributed by atoms with E-state index >= 15 is 0 Å². The van der Waals surface area contributed by atoms with Gasteiger partial charge in [0, 0.05) is 0 Å². The van der Waals surface area contributed by atoms with Crippen LogP contribution in [0.5, 0.6) is 0 Å². The van der Waals surface area contributed by atoms with Crippen molar-refractivity contribution in [3.05, 3.63) is 71.3 Å². The monoisotopic (exact) mass is 266 g/mol. The maximum Gasteiger partial charge on any atom is 0.0577 e. The first-order valence-corrected chi connectivity index (χ1v) is 7.52. The van der Waals surface area contributed by atoms with Crippen LogP contribution in [0.4, 0.5) is 0 Å². The average molecular weight is 266 g/mol. The lowest BCUT2D eigenvalue weighted by Gasteiger charge is -2.10. The molecule has 0 saturated heterocycles. The molecular formula is C19H22O. The van der Waals surface area contributed by atoms with Crippen LogP contribution < -0.4 is 0 Å². The van der Waals surface area contributed by atoms with Gasteiger partial charge in [-0.25, -0.2) is 0 Å². The highest BCUT2D eigenvalue weighted by atomic mass is 16.3. The summed E-state index contributed by atoms with van der Waals surface area (Å²) in [7, 11) is 0. The molecule has 20 heavy (non-hydrogen) atoms. The second-order valence-electron chi connectivity index (χ2n) is 6.01. The van der Waals surface area contributed by atoms with Gasteiger partial charge in [0.1, 0.15) is 0 Å². The molecule has 3 atom stereocenters. The lowest BCUT2D eigenvalue weighted by atomic mass is 10.0. The summed E-state index contributed by atoms with van der Waals surface area (Å²) in [5.74, 6) is 1.03. The third-order valence-electron chi connectivity index (χ3n) is 4.41. The van der Waals surface area contributed by atoms with E-state index in [2.05, 4.69) is 61.5 Å². The first kappa shape index (κ1) is 13.4. The SMILES string of the molecule is Cc1ccc(CCC(O)C2CC2c2ccccc2)cc1. The van der Waals surface area contributed by atoms with E-state index in [4.69, 9.17) is 0 Å². The van der Waals surface area contributed by atoms with E-state index in [-0.39, 0.29) is 6.10 Å². The average Bonchev–Trinajstić information content (AvgIpc) is 3.28. The van der Waals surface area contributed by atoms with Gasteiger partial charge in [0.15, 0.2) is 0 Å². The van der Waals surface area contributed by atoms with Gasteiger partial charge in [0.25, 0.3) is 0 Å². The molecule has 3 rings (SSSR count). The first-order valence-electron chi connectivity index (χ1n) is 7.52. The molecule has 3 unspecified atom stereocenters. The maximum atomic E-state index is 10.3. The van der Waals surface area contributed by atoms with E-state index in [9.17, 15) is 5.11 Å². The third-order valence-corrected chi connectivity index (χ3v) is 4.41. The zero-order valence-corrected chi connectivity index (χ0v) is 12.0. The van der Waals surface area contributed by atoms with Crippen LogP contribution in [0.25, 0.3) is 0 Å². The fourth-order valence-electron chi connectivity index (χ4n) is 3.01. The fourth-order valence-corrected chi connectivity index (χ4v) is 3.01. The Kier molecular flexibility index (Phi) is 3.88. The summed E-state index contributed by atoms with van der Waals surface area (Å²) >= 11 is 0. The molecule has 1 N–H and O–H groups in total. The van der Waals surface area contributed by atoms with Gasteiger partial charge in [-0.1, -0.05) is 60.2 Å². The van der Waals surface area contributed by atoms with Crippen molar-refractivity contribution < 1.29 is 5.11 Å². The van der Waals surface area contributed by atoms with Gasteiger partial charge in [-0.15, -0.1) is 0 Å². The first-order chi connectivity index (χ1) is 9.74. The summed E-state index contributed by atoms with van der Waals surface area (Å²) in [6.07, 6.45) is 2.82. The molecule has 1 saturated carbocycles. The molecule has 104 valence electrons. The van der Waals surface area contributed by atoms with Gasteiger partial charge in [-0.3, -0.25) is 0 Å². The summed E-state index contributed by atoms with van der Waals surface area (Å²) < 4.78 is 0. The minimum atomic E-state index is -0.165. The Hall–Kier alpha value is -1.60. The maximum absolute atomic E-state index is 10.3. The fraction of sp³-hybridized carbons (Fsp3) is 0.368. The quantitative estimate of drug-likeness (QED) is 0.864. The minimum Gasteiger partial charge on any atom is -0.393 e. The van der Waals surface area contributed by atoms with Gasteiger partial charge in [0.2, 0.25) is 0 Å². The van der Waals surface area contributed by atoms with Crippen LogP contribution in [-0.4, -0.2) is 11.2 Å². The molecule has 0 heterocycles. The number of aryl methyl sites for hydroxylation is 2. The van der Waals surface area contributed by atoms with Gasteiger partial charge in [0.05, 0.1) is 6.10 Å². The predicted octanol–water partition coefficient (Wildman–Crippen LogP) is 4.09. The van der Waals surface area contributed by atoms with Gasteiger partial charge in [-0.2, -0.15) is 0 Å². The van der Waals surface area contributed by atoms with Crippen molar-refractivity contribution in [2.24, 2.45) is 5.92 Å². The van der Waals surface area contributed by atoms with Crippen molar-refractivity contribution in [1.29, 1.82) is 0 Å². The molecule has 0 aromatic heterocycles. The van der Waals surface area contributed by atoms with Gasteiger partial charge in [-0.05, 0) is 49.1 Å². The van der Waals surface area contributed by atoms with E-state index in [1.807, 2.05) is 0 Å².